The van der Waals surface area contributed by atoms with Crippen molar-refractivity contribution in [3.8, 4) is 5.69 Å². The zero-order valence-electron chi connectivity index (χ0n) is 9.24. The summed E-state index contributed by atoms with van der Waals surface area (Å²) in [7, 11) is 0. The van der Waals surface area contributed by atoms with Crippen molar-refractivity contribution in [1.29, 1.82) is 0 Å². The van der Waals surface area contributed by atoms with Crippen LogP contribution in [-0.2, 0) is 6.54 Å². The van der Waals surface area contributed by atoms with Crippen molar-refractivity contribution >= 4 is 11.6 Å². The van der Waals surface area contributed by atoms with Crippen LogP contribution < -0.4 is 5.73 Å². The smallest absolute Gasteiger partial charge is 0.0848 e. The lowest BCUT2D eigenvalue weighted by Gasteiger charge is -2.08. The molecular weight excluding hydrogens is 224 g/mol. The minimum atomic E-state index is 0.430. The maximum absolute atomic E-state index is 6.11. The van der Waals surface area contributed by atoms with Crippen molar-refractivity contribution in [2.24, 2.45) is 5.73 Å². The first-order chi connectivity index (χ1) is 7.65. The molecule has 0 saturated carbocycles. The maximum Gasteiger partial charge on any atom is 0.0848 e. The highest BCUT2D eigenvalue weighted by molar-refractivity contribution is 6.31. The fourth-order valence-electron chi connectivity index (χ4n) is 1.64. The van der Waals surface area contributed by atoms with Crippen LogP contribution in [0.2, 0.25) is 5.02 Å². The zero-order chi connectivity index (χ0) is 11.7. The summed E-state index contributed by atoms with van der Waals surface area (Å²) in [6, 6.07) is 1.89. The van der Waals surface area contributed by atoms with Crippen LogP contribution in [0, 0.1) is 13.8 Å². The molecule has 0 bridgehead atoms. The molecule has 2 N–H and O–H groups in total. The Kier molecular flexibility index (Phi) is 2.94. The minimum absolute atomic E-state index is 0.430. The quantitative estimate of drug-likeness (QED) is 0.868. The minimum Gasteiger partial charge on any atom is -0.326 e. The first kappa shape index (κ1) is 11.1. The van der Waals surface area contributed by atoms with Gasteiger partial charge >= 0.3 is 0 Å². The van der Waals surface area contributed by atoms with E-state index in [4.69, 9.17) is 17.3 Å². The average Bonchev–Trinajstić information content (AvgIpc) is 2.57. The van der Waals surface area contributed by atoms with Crippen molar-refractivity contribution < 1.29 is 0 Å². The lowest BCUT2D eigenvalue weighted by Crippen LogP contribution is -2.07. The molecule has 2 rings (SSSR count). The van der Waals surface area contributed by atoms with Crippen molar-refractivity contribution in [2.75, 3.05) is 0 Å². The Morgan fingerprint density at radius 3 is 2.75 bits per heavy atom. The molecule has 0 aliphatic rings. The predicted molar refractivity (Wildman–Crippen MR) is 63.7 cm³/mol. The molecule has 0 amide bonds. The Balaban J connectivity index is 2.63. The molecule has 0 aliphatic carbocycles. The molecule has 2 aromatic heterocycles. The second kappa shape index (κ2) is 4.23. The van der Waals surface area contributed by atoms with E-state index < -0.39 is 0 Å². The number of halogens is 1. The van der Waals surface area contributed by atoms with Gasteiger partial charge in [0.25, 0.3) is 0 Å². The summed E-state index contributed by atoms with van der Waals surface area (Å²) in [5.41, 5.74) is 9.29. The van der Waals surface area contributed by atoms with Gasteiger partial charge in [-0.05, 0) is 19.9 Å². The summed E-state index contributed by atoms with van der Waals surface area (Å²) in [4.78, 5) is 4.05. The van der Waals surface area contributed by atoms with Crippen LogP contribution in [0.15, 0.2) is 18.5 Å². The van der Waals surface area contributed by atoms with E-state index in [0.717, 1.165) is 22.6 Å². The zero-order valence-corrected chi connectivity index (χ0v) is 9.99. The largest absolute Gasteiger partial charge is 0.326 e. The van der Waals surface area contributed by atoms with Gasteiger partial charge in [-0.3, -0.25) is 4.98 Å². The standard InChI is InChI=1S/C11H13ClN4/c1-7-11(12)8(2)16(15-7)10-3-4-14-6-9(10)5-13/h3-4,6H,5,13H2,1-2H3. The van der Waals surface area contributed by atoms with Crippen LogP contribution in [0.3, 0.4) is 0 Å². The van der Waals surface area contributed by atoms with Gasteiger partial charge in [-0.2, -0.15) is 5.10 Å². The molecular formula is C11H13ClN4. The van der Waals surface area contributed by atoms with Crippen LogP contribution in [-0.4, -0.2) is 14.8 Å². The molecule has 0 aromatic carbocycles. The summed E-state index contributed by atoms with van der Waals surface area (Å²) in [6.45, 7) is 4.25. The monoisotopic (exact) mass is 236 g/mol. The Morgan fingerprint density at radius 1 is 1.44 bits per heavy atom. The number of hydrogen-bond acceptors (Lipinski definition) is 3. The Morgan fingerprint density at radius 2 is 2.19 bits per heavy atom. The number of nitrogens with two attached hydrogens (primary N) is 1. The van der Waals surface area contributed by atoms with Gasteiger partial charge in [-0.15, -0.1) is 0 Å². The lowest BCUT2D eigenvalue weighted by atomic mass is 10.2. The SMILES string of the molecule is Cc1nn(-c2ccncc2CN)c(C)c1Cl. The van der Waals surface area contributed by atoms with E-state index in [9.17, 15) is 0 Å². The number of rotatable bonds is 2. The second-order valence-electron chi connectivity index (χ2n) is 3.61. The van der Waals surface area contributed by atoms with E-state index in [2.05, 4.69) is 10.1 Å². The third-order valence-corrected chi connectivity index (χ3v) is 3.08. The molecule has 5 heteroatoms. The Labute approximate surface area is 99.1 Å². The molecule has 0 atom stereocenters. The molecule has 2 aromatic rings. The number of nitrogens with zero attached hydrogens (tertiary/aromatic N) is 3. The molecule has 0 spiro atoms. The number of aromatic nitrogens is 3. The van der Waals surface area contributed by atoms with Gasteiger partial charge in [0.05, 0.1) is 22.1 Å². The summed E-state index contributed by atoms with van der Waals surface area (Å²) in [5.74, 6) is 0. The fourth-order valence-corrected chi connectivity index (χ4v) is 1.76. The van der Waals surface area contributed by atoms with Crippen LogP contribution in [0.25, 0.3) is 5.69 Å². The summed E-state index contributed by atoms with van der Waals surface area (Å²) in [5, 5.41) is 5.08. The van der Waals surface area contributed by atoms with Crippen LogP contribution in [0.1, 0.15) is 17.0 Å². The third-order valence-electron chi connectivity index (χ3n) is 2.53. The normalized spacial score (nSPS) is 10.8. The van der Waals surface area contributed by atoms with Crippen molar-refractivity contribution in [2.45, 2.75) is 20.4 Å². The van der Waals surface area contributed by atoms with E-state index in [1.807, 2.05) is 24.6 Å². The van der Waals surface area contributed by atoms with Crippen LogP contribution in [0.4, 0.5) is 0 Å². The van der Waals surface area contributed by atoms with Gasteiger partial charge in [0.2, 0.25) is 0 Å². The van der Waals surface area contributed by atoms with Crippen molar-refractivity contribution in [1.82, 2.24) is 14.8 Å². The molecule has 4 nitrogen and oxygen atoms in total. The van der Waals surface area contributed by atoms with Gasteiger partial charge in [-0.1, -0.05) is 11.6 Å². The van der Waals surface area contributed by atoms with Gasteiger partial charge in [0.15, 0.2) is 0 Å². The molecule has 0 radical (unpaired) electrons. The van der Waals surface area contributed by atoms with Crippen molar-refractivity contribution in [3.05, 3.63) is 40.4 Å². The van der Waals surface area contributed by atoms with Crippen molar-refractivity contribution in [3.63, 3.8) is 0 Å². The second-order valence-corrected chi connectivity index (χ2v) is 3.98. The van der Waals surface area contributed by atoms with E-state index >= 15 is 0 Å². The van der Waals surface area contributed by atoms with E-state index in [0.29, 0.717) is 11.6 Å². The van der Waals surface area contributed by atoms with Gasteiger partial charge in [0.1, 0.15) is 0 Å². The highest BCUT2D eigenvalue weighted by Crippen LogP contribution is 2.23. The third kappa shape index (κ3) is 1.70. The van der Waals surface area contributed by atoms with E-state index in [1.165, 1.54) is 0 Å². The van der Waals surface area contributed by atoms with Crippen LogP contribution in [0.5, 0.6) is 0 Å². The highest BCUT2D eigenvalue weighted by Gasteiger charge is 2.12. The number of pyridine rings is 1. The molecule has 0 fully saturated rings. The molecule has 0 unspecified atom stereocenters. The summed E-state index contributed by atoms with van der Waals surface area (Å²) >= 11 is 6.11. The average molecular weight is 237 g/mol. The number of aryl methyl sites for hydroxylation is 1. The molecule has 16 heavy (non-hydrogen) atoms. The van der Waals surface area contributed by atoms with Gasteiger partial charge in [-0.25, -0.2) is 4.68 Å². The highest BCUT2D eigenvalue weighted by atomic mass is 35.5. The Hall–Kier alpha value is -1.39. The summed E-state index contributed by atoms with van der Waals surface area (Å²) in [6.07, 6.45) is 3.47. The molecule has 2 heterocycles. The van der Waals surface area contributed by atoms with Gasteiger partial charge < -0.3 is 5.73 Å². The lowest BCUT2D eigenvalue weighted by molar-refractivity contribution is 0.814. The maximum atomic E-state index is 6.11. The van der Waals surface area contributed by atoms with E-state index in [-0.39, 0.29) is 0 Å². The molecule has 0 aliphatic heterocycles. The summed E-state index contributed by atoms with van der Waals surface area (Å²) < 4.78 is 1.81. The first-order valence-electron chi connectivity index (χ1n) is 5.00. The van der Waals surface area contributed by atoms with E-state index in [1.54, 1.807) is 12.4 Å². The molecule has 0 saturated heterocycles. The van der Waals surface area contributed by atoms with Crippen LogP contribution >= 0.6 is 11.6 Å². The topological polar surface area (TPSA) is 56.7 Å². The first-order valence-corrected chi connectivity index (χ1v) is 5.38. The number of hydrogen-bond donors (Lipinski definition) is 1. The predicted octanol–water partition coefficient (Wildman–Crippen LogP) is 2.00. The fraction of sp³-hybridized carbons (Fsp3) is 0.273. The Bertz CT molecular complexity index is 519. The van der Waals surface area contributed by atoms with Gasteiger partial charge in [0, 0.05) is 24.5 Å². The molecule has 84 valence electrons.